The Morgan fingerprint density at radius 3 is 2.74 bits per heavy atom. The molecule has 0 saturated heterocycles. The van der Waals surface area contributed by atoms with Crippen LogP contribution in [-0.4, -0.2) is 22.8 Å². The molecule has 0 aliphatic rings. The smallest absolute Gasteiger partial charge is 0.319 e. The summed E-state index contributed by atoms with van der Waals surface area (Å²) in [4.78, 5) is 16.2. The Morgan fingerprint density at radius 1 is 1.53 bits per heavy atom. The van der Waals surface area contributed by atoms with E-state index in [1.54, 1.807) is 6.92 Å². The van der Waals surface area contributed by atoms with Crippen LogP contribution in [0.4, 0.5) is 0 Å². The Balaban J connectivity index is 3.04. The van der Waals surface area contributed by atoms with Crippen LogP contribution in [0.3, 0.4) is 0 Å². The van der Waals surface area contributed by atoms with Crippen molar-refractivity contribution in [3.63, 3.8) is 0 Å². The molecule has 0 amide bonds. The Kier molecular flexibility index (Phi) is 5.84. The van der Waals surface area contributed by atoms with Gasteiger partial charge in [0.1, 0.15) is 16.3 Å². The monoisotopic (exact) mass is 278 g/mol. The lowest BCUT2D eigenvalue weighted by atomic mass is 10.1. The van der Waals surface area contributed by atoms with E-state index in [2.05, 4.69) is 11.1 Å². The molecule has 5 heteroatoms. The number of carbonyl (C=O) groups excluding carboxylic acids is 1. The second-order valence-electron chi connectivity index (χ2n) is 4.14. The molecular weight excluding hydrogens is 260 g/mol. The lowest BCUT2D eigenvalue weighted by Gasteiger charge is -2.14. The number of carbonyl (C=O) groups is 1. The second-order valence-corrected chi connectivity index (χ2v) is 5.33. The second kappa shape index (κ2) is 7.15. The zero-order valence-corrected chi connectivity index (χ0v) is 12.5. The van der Waals surface area contributed by atoms with E-state index in [0.29, 0.717) is 23.6 Å². The Bertz CT molecular complexity index is 509. The fourth-order valence-electron chi connectivity index (χ4n) is 1.69. The topological polar surface area (TPSA) is 63.0 Å². The molecule has 0 N–H and O–H groups in total. The maximum Gasteiger partial charge on any atom is 0.319 e. The largest absolute Gasteiger partial charge is 0.465 e. The van der Waals surface area contributed by atoms with Crippen LogP contribution in [0.15, 0.2) is 11.1 Å². The first kappa shape index (κ1) is 15.5. The minimum Gasteiger partial charge on any atom is -0.465 e. The highest BCUT2D eigenvalue weighted by Gasteiger charge is 2.22. The number of hydrogen-bond acceptors (Lipinski definition) is 5. The van der Waals surface area contributed by atoms with Gasteiger partial charge in [-0.1, -0.05) is 18.7 Å². The van der Waals surface area contributed by atoms with E-state index in [-0.39, 0.29) is 11.2 Å². The van der Waals surface area contributed by atoms with Gasteiger partial charge in [-0.15, -0.1) is 0 Å². The van der Waals surface area contributed by atoms with Gasteiger partial charge in [-0.25, -0.2) is 4.98 Å². The molecule has 1 heterocycles. The van der Waals surface area contributed by atoms with E-state index in [1.807, 2.05) is 26.8 Å². The summed E-state index contributed by atoms with van der Waals surface area (Å²) in [5.41, 5.74) is 2.27. The molecule has 0 aromatic carbocycles. The average molecular weight is 278 g/mol. The number of aromatic nitrogens is 1. The van der Waals surface area contributed by atoms with E-state index in [0.717, 1.165) is 11.3 Å². The molecule has 1 aromatic heterocycles. The number of pyridine rings is 1. The van der Waals surface area contributed by atoms with Crippen LogP contribution in [0.2, 0.25) is 0 Å². The summed E-state index contributed by atoms with van der Waals surface area (Å²) < 4.78 is 5.03. The number of nitrogens with zero attached hydrogens (tertiary/aromatic N) is 2. The Hall–Kier alpha value is -1.54. The predicted molar refractivity (Wildman–Crippen MR) is 75.0 cm³/mol. The first-order valence-corrected chi connectivity index (χ1v) is 7.13. The first-order valence-electron chi connectivity index (χ1n) is 6.25. The van der Waals surface area contributed by atoms with Gasteiger partial charge in [0, 0.05) is 5.69 Å². The lowest BCUT2D eigenvalue weighted by Crippen LogP contribution is -2.19. The van der Waals surface area contributed by atoms with Gasteiger partial charge in [-0.3, -0.25) is 4.79 Å². The molecule has 4 nitrogen and oxygen atoms in total. The summed E-state index contributed by atoms with van der Waals surface area (Å²) in [5, 5.41) is 9.49. The predicted octanol–water partition coefficient (Wildman–Crippen LogP) is 3.00. The third-order valence-corrected chi connectivity index (χ3v) is 3.93. The van der Waals surface area contributed by atoms with Gasteiger partial charge in [0.05, 0.1) is 12.2 Å². The number of hydrogen-bond donors (Lipinski definition) is 0. The van der Waals surface area contributed by atoms with Crippen molar-refractivity contribution in [3.05, 3.63) is 22.9 Å². The molecular formula is C14H18N2O2S. The van der Waals surface area contributed by atoms with Gasteiger partial charge in [-0.05, 0) is 38.8 Å². The molecule has 0 bridgehead atoms. The number of aryl methyl sites for hydroxylation is 2. The van der Waals surface area contributed by atoms with E-state index >= 15 is 0 Å². The highest BCUT2D eigenvalue weighted by Crippen LogP contribution is 2.29. The highest BCUT2D eigenvalue weighted by atomic mass is 32.2. The zero-order valence-electron chi connectivity index (χ0n) is 11.7. The van der Waals surface area contributed by atoms with Crippen molar-refractivity contribution in [1.82, 2.24) is 4.98 Å². The van der Waals surface area contributed by atoms with Crippen molar-refractivity contribution in [2.24, 2.45) is 0 Å². The summed E-state index contributed by atoms with van der Waals surface area (Å²) in [6.07, 6.45) is 0.642. The molecule has 1 aromatic rings. The van der Waals surface area contributed by atoms with E-state index in [4.69, 9.17) is 4.74 Å². The van der Waals surface area contributed by atoms with Gasteiger partial charge < -0.3 is 4.74 Å². The normalized spacial score (nSPS) is 11.7. The van der Waals surface area contributed by atoms with Crippen molar-refractivity contribution < 1.29 is 9.53 Å². The van der Waals surface area contributed by atoms with Crippen molar-refractivity contribution in [2.75, 3.05) is 6.61 Å². The quantitative estimate of drug-likeness (QED) is 0.612. The summed E-state index contributed by atoms with van der Waals surface area (Å²) in [7, 11) is 0. The molecule has 0 aliphatic heterocycles. The standard InChI is InChI=1S/C14H18N2O2S/c1-5-12(14(17)18-6-2)19-13-11(8-15)9(3)7-10(4)16-13/h7,12H,5-6H2,1-4H3. The van der Waals surface area contributed by atoms with Gasteiger partial charge in [0.25, 0.3) is 0 Å². The fourth-order valence-corrected chi connectivity index (χ4v) is 2.81. The van der Waals surface area contributed by atoms with Crippen molar-refractivity contribution >= 4 is 17.7 Å². The minimum atomic E-state index is -0.319. The van der Waals surface area contributed by atoms with E-state index in [1.165, 1.54) is 11.8 Å². The molecule has 1 rings (SSSR count). The third kappa shape index (κ3) is 3.97. The SMILES string of the molecule is CCOC(=O)C(CC)Sc1nc(C)cc(C)c1C#N. The lowest BCUT2D eigenvalue weighted by molar-refractivity contribution is -0.142. The number of nitriles is 1. The maximum atomic E-state index is 11.8. The van der Waals surface area contributed by atoms with Crippen LogP contribution in [0.25, 0.3) is 0 Å². The first-order chi connectivity index (χ1) is 9.03. The molecule has 19 heavy (non-hydrogen) atoms. The zero-order chi connectivity index (χ0) is 14.4. The van der Waals surface area contributed by atoms with Crippen LogP contribution >= 0.6 is 11.8 Å². The van der Waals surface area contributed by atoms with Crippen LogP contribution in [0.1, 0.15) is 37.1 Å². The maximum absolute atomic E-state index is 11.8. The van der Waals surface area contributed by atoms with E-state index < -0.39 is 0 Å². The molecule has 0 fully saturated rings. The highest BCUT2D eigenvalue weighted by molar-refractivity contribution is 8.00. The molecule has 1 unspecified atom stereocenters. The molecule has 0 radical (unpaired) electrons. The van der Waals surface area contributed by atoms with Crippen LogP contribution in [0.5, 0.6) is 0 Å². The molecule has 0 saturated carbocycles. The van der Waals surface area contributed by atoms with Crippen molar-refractivity contribution in [3.8, 4) is 6.07 Å². The van der Waals surface area contributed by atoms with Gasteiger partial charge in [0.15, 0.2) is 0 Å². The van der Waals surface area contributed by atoms with Crippen LogP contribution < -0.4 is 0 Å². The summed E-state index contributed by atoms with van der Waals surface area (Å²) in [6.45, 7) is 7.82. The fraction of sp³-hybridized carbons (Fsp3) is 0.500. The number of thioether (sulfide) groups is 1. The van der Waals surface area contributed by atoms with Crippen molar-refractivity contribution in [1.29, 1.82) is 5.26 Å². The molecule has 0 spiro atoms. The average Bonchev–Trinajstić information content (AvgIpc) is 2.35. The van der Waals surface area contributed by atoms with E-state index in [9.17, 15) is 10.1 Å². The molecule has 102 valence electrons. The number of ether oxygens (including phenoxy) is 1. The van der Waals surface area contributed by atoms with Crippen LogP contribution in [0, 0.1) is 25.2 Å². The van der Waals surface area contributed by atoms with Gasteiger partial charge in [-0.2, -0.15) is 5.26 Å². The molecule has 1 atom stereocenters. The summed E-state index contributed by atoms with van der Waals surface area (Å²) in [6, 6.07) is 4.02. The van der Waals surface area contributed by atoms with Gasteiger partial charge in [0.2, 0.25) is 0 Å². The number of rotatable bonds is 5. The minimum absolute atomic E-state index is 0.250. The summed E-state index contributed by atoms with van der Waals surface area (Å²) >= 11 is 1.31. The number of esters is 1. The van der Waals surface area contributed by atoms with Gasteiger partial charge >= 0.3 is 5.97 Å². The third-order valence-electron chi connectivity index (χ3n) is 2.60. The van der Waals surface area contributed by atoms with Crippen LogP contribution in [-0.2, 0) is 9.53 Å². The summed E-state index contributed by atoms with van der Waals surface area (Å²) in [5.74, 6) is -0.250. The Morgan fingerprint density at radius 2 is 2.21 bits per heavy atom. The molecule has 0 aliphatic carbocycles. The Labute approximate surface area is 118 Å². The van der Waals surface area contributed by atoms with Crippen molar-refractivity contribution in [2.45, 2.75) is 44.4 Å².